The van der Waals surface area contributed by atoms with Gasteiger partial charge in [-0.25, -0.2) is 22.0 Å². The van der Waals surface area contributed by atoms with E-state index in [-0.39, 0.29) is 19.8 Å². The first-order chi connectivity index (χ1) is 9.46. The highest BCUT2D eigenvalue weighted by molar-refractivity contribution is 7.89. The van der Waals surface area contributed by atoms with Crippen molar-refractivity contribution in [1.29, 1.82) is 0 Å². The zero-order valence-corrected chi connectivity index (χ0v) is 10.9. The fourth-order valence-electron chi connectivity index (χ4n) is 1.83. The molecule has 1 fully saturated rings. The molecule has 0 amide bonds. The minimum absolute atomic E-state index is 0.0883. The van der Waals surface area contributed by atoms with Crippen LogP contribution in [0.5, 0.6) is 0 Å². The molecule has 1 atom stereocenters. The van der Waals surface area contributed by atoms with E-state index < -0.39 is 32.7 Å². The third-order valence-corrected chi connectivity index (χ3v) is 4.67. The largest absolute Gasteiger partial charge is 0.376 e. The first-order valence-corrected chi connectivity index (χ1v) is 7.02. The minimum Gasteiger partial charge on any atom is -0.376 e. The standard InChI is InChI=1S/C11H10F2N2O4S/c12-8-1-2-10(9(13)5-8)20(17,18)15-3-4-19-6-11(15)14-7-16/h1-2,5,11H,3-4,6H2. The summed E-state index contributed by atoms with van der Waals surface area (Å²) in [5.74, 6) is -2.09. The van der Waals surface area contributed by atoms with Crippen molar-refractivity contribution in [1.82, 2.24) is 4.31 Å². The predicted octanol–water partition coefficient (Wildman–Crippen LogP) is 0.648. The van der Waals surface area contributed by atoms with E-state index in [4.69, 9.17) is 4.74 Å². The zero-order valence-electron chi connectivity index (χ0n) is 10.1. The highest BCUT2D eigenvalue weighted by Crippen LogP contribution is 2.23. The van der Waals surface area contributed by atoms with Crippen LogP contribution in [0.1, 0.15) is 0 Å². The molecule has 0 spiro atoms. The second-order valence-electron chi connectivity index (χ2n) is 3.97. The van der Waals surface area contributed by atoms with E-state index in [0.717, 1.165) is 16.4 Å². The number of halogens is 2. The van der Waals surface area contributed by atoms with Gasteiger partial charge in [-0.1, -0.05) is 0 Å². The van der Waals surface area contributed by atoms with Crippen molar-refractivity contribution in [3.8, 4) is 0 Å². The minimum atomic E-state index is -4.24. The van der Waals surface area contributed by atoms with Gasteiger partial charge in [-0.15, -0.1) is 0 Å². The topological polar surface area (TPSA) is 76.0 Å². The van der Waals surface area contributed by atoms with Crippen LogP contribution in [0.4, 0.5) is 8.78 Å². The van der Waals surface area contributed by atoms with E-state index in [1.165, 1.54) is 6.08 Å². The van der Waals surface area contributed by atoms with E-state index in [0.29, 0.717) is 6.07 Å². The lowest BCUT2D eigenvalue weighted by molar-refractivity contribution is 0.0358. The summed E-state index contributed by atoms with van der Waals surface area (Å²) in [6.07, 6.45) is 0.149. The van der Waals surface area contributed by atoms with Gasteiger partial charge in [0, 0.05) is 12.6 Å². The lowest BCUT2D eigenvalue weighted by atomic mass is 10.3. The van der Waals surface area contributed by atoms with Crippen LogP contribution in [0, 0.1) is 11.6 Å². The molecular formula is C11H10F2N2O4S. The number of carbonyl (C=O) groups excluding carboxylic acids is 1. The van der Waals surface area contributed by atoms with E-state index >= 15 is 0 Å². The van der Waals surface area contributed by atoms with Gasteiger partial charge in [-0.05, 0) is 12.1 Å². The molecule has 2 rings (SSSR count). The smallest absolute Gasteiger partial charge is 0.248 e. The number of hydrogen-bond donors (Lipinski definition) is 0. The Morgan fingerprint density at radius 2 is 2.15 bits per heavy atom. The second-order valence-corrected chi connectivity index (χ2v) is 5.83. The molecule has 1 heterocycles. The van der Waals surface area contributed by atoms with Crippen molar-refractivity contribution in [2.75, 3.05) is 19.8 Å². The maximum absolute atomic E-state index is 13.6. The van der Waals surface area contributed by atoms with Gasteiger partial charge in [0.25, 0.3) is 0 Å². The average Bonchev–Trinajstić information content (AvgIpc) is 2.39. The summed E-state index contributed by atoms with van der Waals surface area (Å²) in [6, 6.07) is 2.15. The molecule has 1 aromatic carbocycles. The van der Waals surface area contributed by atoms with Crippen LogP contribution < -0.4 is 0 Å². The number of morpholine rings is 1. The van der Waals surface area contributed by atoms with Gasteiger partial charge < -0.3 is 4.74 Å². The van der Waals surface area contributed by atoms with Crippen LogP contribution in [-0.4, -0.2) is 44.7 Å². The predicted molar refractivity (Wildman–Crippen MR) is 63.0 cm³/mol. The number of sulfonamides is 1. The molecular weight excluding hydrogens is 294 g/mol. The van der Waals surface area contributed by atoms with Gasteiger partial charge in [-0.3, -0.25) is 0 Å². The molecule has 0 aromatic heterocycles. The summed E-state index contributed by atoms with van der Waals surface area (Å²) in [4.78, 5) is 13.0. The summed E-state index contributed by atoms with van der Waals surface area (Å²) >= 11 is 0. The second kappa shape index (κ2) is 5.76. The SMILES string of the molecule is O=C=NC1COCCN1S(=O)(=O)c1ccc(F)cc1F. The van der Waals surface area contributed by atoms with Crippen LogP contribution in [0.2, 0.25) is 0 Å². The van der Waals surface area contributed by atoms with Crippen LogP contribution in [-0.2, 0) is 19.6 Å². The molecule has 0 bridgehead atoms. The summed E-state index contributed by atoms with van der Waals surface area (Å²) in [6.45, 7) is -0.126. The molecule has 0 saturated carbocycles. The van der Waals surface area contributed by atoms with E-state index in [1.54, 1.807) is 0 Å². The number of rotatable bonds is 3. The third kappa shape index (κ3) is 2.75. The molecule has 1 saturated heterocycles. The van der Waals surface area contributed by atoms with Crippen LogP contribution in [0.15, 0.2) is 28.1 Å². The van der Waals surface area contributed by atoms with E-state index in [9.17, 15) is 22.0 Å². The Bertz CT molecular complexity index is 658. The Kier molecular flexibility index (Phi) is 4.24. The third-order valence-electron chi connectivity index (χ3n) is 2.74. The van der Waals surface area contributed by atoms with Gasteiger partial charge in [0.2, 0.25) is 16.1 Å². The number of hydrogen-bond acceptors (Lipinski definition) is 5. The highest BCUT2D eigenvalue weighted by atomic mass is 32.2. The zero-order chi connectivity index (χ0) is 14.8. The Morgan fingerprint density at radius 3 is 2.80 bits per heavy atom. The molecule has 6 nitrogen and oxygen atoms in total. The van der Waals surface area contributed by atoms with Gasteiger partial charge in [0.15, 0.2) is 6.17 Å². The molecule has 108 valence electrons. The molecule has 9 heteroatoms. The summed E-state index contributed by atoms with van der Waals surface area (Å²) in [7, 11) is -4.24. The molecule has 20 heavy (non-hydrogen) atoms. The van der Waals surface area contributed by atoms with Crippen molar-refractivity contribution in [2.45, 2.75) is 11.1 Å². The lowest BCUT2D eigenvalue weighted by Gasteiger charge is -2.31. The Balaban J connectivity index is 2.44. The summed E-state index contributed by atoms with van der Waals surface area (Å²) in [5, 5.41) is 0. The van der Waals surface area contributed by atoms with Crippen molar-refractivity contribution in [3.05, 3.63) is 29.8 Å². The Morgan fingerprint density at radius 1 is 1.40 bits per heavy atom. The summed E-state index contributed by atoms with van der Waals surface area (Å²) in [5.41, 5.74) is 0. The maximum atomic E-state index is 13.6. The number of isocyanates is 1. The normalized spacial score (nSPS) is 20.4. The monoisotopic (exact) mass is 304 g/mol. The quantitative estimate of drug-likeness (QED) is 0.607. The molecule has 0 radical (unpaired) electrons. The average molecular weight is 304 g/mol. The first kappa shape index (κ1) is 14.7. The van der Waals surface area contributed by atoms with Gasteiger partial charge in [0.05, 0.1) is 13.2 Å². The van der Waals surface area contributed by atoms with Gasteiger partial charge in [-0.2, -0.15) is 9.30 Å². The van der Waals surface area contributed by atoms with E-state index in [1.807, 2.05) is 0 Å². The van der Waals surface area contributed by atoms with Crippen LogP contribution in [0.3, 0.4) is 0 Å². The Labute approximate surface area is 113 Å². The number of benzene rings is 1. The molecule has 1 aliphatic rings. The van der Waals surface area contributed by atoms with Crippen molar-refractivity contribution >= 4 is 16.1 Å². The van der Waals surface area contributed by atoms with Crippen LogP contribution >= 0.6 is 0 Å². The number of aliphatic imine (C=N–C) groups is 1. The molecule has 0 aliphatic carbocycles. The van der Waals surface area contributed by atoms with Crippen molar-refractivity contribution in [2.24, 2.45) is 4.99 Å². The van der Waals surface area contributed by atoms with E-state index in [2.05, 4.69) is 4.99 Å². The molecule has 0 N–H and O–H groups in total. The van der Waals surface area contributed by atoms with Gasteiger partial charge >= 0.3 is 0 Å². The van der Waals surface area contributed by atoms with Crippen molar-refractivity contribution in [3.63, 3.8) is 0 Å². The van der Waals surface area contributed by atoms with Crippen molar-refractivity contribution < 1.29 is 26.7 Å². The lowest BCUT2D eigenvalue weighted by Crippen LogP contribution is -2.47. The van der Waals surface area contributed by atoms with Crippen LogP contribution in [0.25, 0.3) is 0 Å². The number of nitrogens with zero attached hydrogens (tertiary/aromatic N) is 2. The maximum Gasteiger partial charge on any atom is 0.248 e. The summed E-state index contributed by atoms with van der Waals surface area (Å²) < 4.78 is 57.0. The Hall–Kier alpha value is -1.67. The molecule has 1 unspecified atom stereocenters. The number of ether oxygens (including phenoxy) is 1. The van der Waals surface area contributed by atoms with Gasteiger partial charge in [0.1, 0.15) is 16.5 Å². The highest BCUT2D eigenvalue weighted by Gasteiger charge is 2.35. The first-order valence-electron chi connectivity index (χ1n) is 5.58. The fourth-order valence-corrected chi connectivity index (χ4v) is 3.37. The molecule has 1 aliphatic heterocycles. The fraction of sp³-hybridized carbons (Fsp3) is 0.364. The molecule has 1 aromatic rings.